The summed E-state index contributed by atoms with van der Waals surface area (Å²) in [5, 5.41) is 17.7. The van der Waals surface area contributed by atoms with Gasteiger partial charge in [-0.25, -0.2) is 4.98 Å². The molecular formula is C16H22N2O2S2. The Hall–Kier alpha value is -1.24. The second-order valence-corrected chi connectivity index (χ2v) is 7.05. The average Bonchev–Trinajstić information content (AvgIpc) is 3.17. The van der Waals surface area contributed by atoms with Crippen molar-refractivity contribution in [2.24, 2.45) is 5.92 Å². The molecule has 0 saturated carbocycles. The summed E-state index contributed by atoms with van der Waals surface area (Å²) in [5.74, 6) is 0.151. The van der Waals surface area contributed by atoms with Crippen LogP contribution in [-0.2, 0) is 11.2 Å². The number of aliphatic hydroxyl groups excluding tert-OH is 1. The third-order valence-corrected chi connectivity index (χ3v) is 5.66. The maximum absolute atomic E-state index is 12.0. The predicted octanol–water partition coefficient (Wildman–Crippen LogP) is 3.33. The summed E-state index contributed by atoms with van der Waals surface area (Å²) in [6, 6.07) is 4.02. The van der Waals surface area contributed by atoms with Crippen LogP contribution >= 0.6 is 22.7 Å². The number of thiazole rings is 1. The normalized spacial score (nSPS) is 12.5. The maximum atomic E-state index is 12.0. The Kier molecular flexibility index (Phi) is 6.54. The molecule has 2 N–H and O–H groups in total. The van der Waals surface area contributed by atoms with Gasteiger partial charge in [-0.2, -0.15) is 0 Å². The molecule has 0 spiro atoms. The van der Waals surface area contributed by atoms with Crippen molar-refractivity contribution in [2.45, 2.75) is 39.2 Å². The van der Waals surface area contributed by atoms with Gasteiger partial charge in [0.05, 0.1) is 23.1 Å². The smallest absolute Gasteiger partial charge is 0.226 e. The number of amides is 1. The van der Waals surface area contributed by atoms with Crippen molar-refractivity contribution in [1.82, 2.24) is 10.3 Å². The summed E-state index contributed by atoms with van der Waals surface area (Å²) in [5.41, 5.74) is 0.780. The minimum absolute atomic E-state index is 0.0898. The van der Waals surface area contributed by atoms with Crippen LogP contribution in [-0.4, -0.2) is 28.6 Å². The lowest BCUT2D eigenvalue weighted by Crippen LogP contribution is -2.36. The van der Waals surface area contributed by atoms with Gasteiger partial charge in [-0.3, -0.25) is 4.79 Å². The molecule has 0 bridgehead atoms. The molecule has 120 valence electrons. The van der Waals surface area contributed by atoms with Crippen LogP contribution in [0, 0.1) is 5.92 Å². The van der Waals surface area contributed by atoms with Gasteiger partial charge in [0.1, 0.15) is 5.01 Å². The lowest BCUT2D eigenvalue weighted by molar-refractivity contribution is -0.121. The molecule has 0 radical (unpaired) electrons. The van der Waals surface area contributed by atoms with E-state index in [2.05, 4.69) is 24.1 Å². The van der Waals surface area contributed by atoms with E-state index in [0.717, 1.165) is 28.4 Å². The lowest BCUT2D eigenvalue weighted by Gasteiger charge is -2.20. The number of hydrogen-bond acceptors (Lipinski definition) is 5. The zero-order valence-corrected chi connectivity index (χ0v) is 14.5. The Morgan fingerprint density at radius 2 is 2.14 bits per heavy atom. The highest BCUT2D eigenvalue weighted by molar-refractivity contribution is 7.20. The molecule has 2 rings (SSSR count). The standard InChI is InChI=1S/C16H22N2O2S2/c1-3-11(4-2)13(19)9-17-15(20)8-12-10-22-16(18-12)14-6-5-7-21-14/h5-7,10-11,13,19H,3-4,8-9H2,1-2H3,(H,17,20). The van der Waals surface area contributed by atoms with Gasteiger partial charge in [0.25, 0.3) is 0 Å². The minimum atomic E-state index is -0.476. The van der Waals surface area contributed by atoms with E-state index in [-0.39, 0.29) is 18.2 Å². The van der Waals surface area contributed by atoms with E-state index >= 15 is 0 Å². The minimum Gasteiger partial charge on any atom is -0.391 e. The third-order valence-electron chi connectivity index (χ3n) is 3.73. The molecule has 0 fully saturated rings. The van der Waals surface area contributed by atoms with Crippen molar-refractivity contribution in [3.63, 3.8) is 0 Å². The molecule has 1 amide bonds. The summed E-state index contributed by atoms with van der Waals surface area (Å²) in [7, 11) is 0. The fraction of sp³-hybridized carbons (Fsp3) is 0.500. The molecule has 4 nitrogen and oxygen atoms in total. The highest BCUT2D eigenvalue weighted by Crippen LogP contribution is 2.27. The molecule has 6 heteroatoms. The van der Waals surface area contributed by atoms with Crippen molar-refractivity contribution in [3.05, 3.63) is 28.6 Å². The van der Waals surface area contributed by atoms with E-state index < -0.39 is 6.10 Å². The average molecular weight is 338 g/mol. The number of nitrogens with zero attached hydrogens (tertiary/aromatic N) is 1. The van der Waals surface area contributed by atoms with Crippen molar-refractivity contribution in [1.29, 1.82) is 0 Å². The monoisotopic (exact) mass is 338 g/mol. The number of rotatable bonds is 8. The van der Waals surface area contributed by atoms with Gasteiger partial charge in [-0.15, -0.1) is 22.7 Å². The van der Waals surface area contributed by atoms with Crippen LogP contribution in [0.15, 0.2) is 22.9 Å². The van der Waals surface area contributed by atoms with Gasteiger partial charge in [-0.1, -0.05) is 32.8 Å². The van der Waals surface area contributed by atoms with Crippen LogP contribution in [0.5, 0.6) is 0 Å². The van der Waals surface area contributed by atoms with Crippen LogP contribution < -0.4 is 5.32 Å². The third kappa shape index (κ3) is 4.63. The van der Waals surface area contributed by atoms with Crippen LogP contribution in [0.1, 0.15) is 32.4 Å². The Labute approximate surface area is 139 Å². The summed E-state index contributed by atoms with van der Waals surface area (Å²) >= 11 is 3.20. The maximum Gasteiger partial charge on any atom is 0.226 e. The molecule has 22 heavy (non-hydrogen) atoms. The highest BCUT2D eigenvalue weighted by atomic mass is 32.1. The molecule has 0 aliphatic carbocycles. The molecule has 0 aromatic carbocycles. The second-order valence-electron chi connectivity index (χ2n) is 5.25. The molecule has 0 saturated heterocycles. The Bertz CT molecular complexity index is 577. The molecular weight excluding hydrogens is 316 g/mol. The van der Waals surface area contributed by atoms with Crippen LogP contribution in [0.2, 0.25) is 0 Å². The summed E-state index contributed by atoms with van der Waals surface area (Å²) in [6.07, 6.45) is 1.63. The van der Waals surface area contributed by atoms with E-state index in [4.69, 9.17) is 0 Å². The largest absolute Gasteiger partial charge is 0.391 e. The molecule has 1 atom stereocenters. The second kappa shape index (κ2) is 8.41. The van der Waals surface area contributed by atoms with E-state index in [1.54, 1.807) is 22.7 Å². The topological polar surface area (TPSA) is 62.2 Å². The molecule has 0 aliphatic rings. The lowest BCUT2D eigenvalue weighted by atomic mass is 9.96. The fourth-order valence-electron chi connectivity index (χ4n) is 2.35. The Balaban J connectivity index is 1.82. The first-order valence-corrected chi connectivity index (χ1v) is 9.33. The number of thiophene rings is 1. The SMILES string of the molecule is CCC(CC)C(O)CNC(=O)Cc1csc(-c2cccs2)n1. The number of aromatic nitrogens is 1. The van der Waals surface area contributed by atoms with Crippen LogP contribution in [0.3, 0.4) is 0 Å². The number of carbonyl (C=O) groups is 1. The Morgan fingerprint density at radius 3 is 2.77 bits per heavy atom. The first-order chi connectivity index (χ1) is 10.6. The van der Waals surface area contributed by atoms with Gasteiger partial charge in [0.2, 0.25) is 5.91 Å². The molecule has 1 unspecified atom stereocenters. The zero-order chi connectivity index (χ0) is 15.9. The number of aliphatic hydroxyl groups is 1. The van der Waals surface area contributed by atoms with E-state index in [0.29, 0.717) is 6.54 Å². The highest BCUT2D eigenvalue weighted by Gasteiger charge is 2.16. The predicted molar refractivity (Wildman–Crippen MR) is 92.2 cm³/mol. The van der Waals surface area contributed by atoms with E-state index in [1.807, 2.05) is 22.9 Å². The van der Waals surface area contributed by atoms with Crippen molar-refractivity contribution >= 4 is 28.6 Å². The molecule has 2 aromatic rings. The van der Waals surface area contributed by atoms with Gasteiger partial charge in [0, 0.05) is 11.9 Å². The molecule has 2 aromatic heterocycles. The van der Waals surface area contributed by atoms with E-state index in [1.165, 1.54) is 0 Å². The molecule has 2 heterocycles. The van der Waals surface area contributed by atoms with Gasteiger partial charge >= 0.3 is 0 Å². The number of nitrogens with one attached hydrogen (secondary N) is 1. The van der Waals surface area contributed by atoms with Gasteiger partial charge < -0.3 is 10.4 Å². The summed E-state index contributed by atoms with van der Waals surface area (Å²) < 4.78 is 0. The van der Waals surface area contributed by atoms with Gasteiger partial charge in [-0.05, 0) is 17.4 Å². The van der Waals surface area contributed by atoms with Crippen molar-refractivity contribution < 1.29 is 9.90 Å². The summed E-state index contributed by atoms with van der Waals surface area (Å²) in [6.45, 7) is 4.42. The van der Waals surface area contributed by atoms with Crippen LogP contribution in [0.4, 0.5) is 0 Å². The first kappa shape index (κ1) is 17.1. The zero-order valence-electron chi connectivity index (χ0n) is 12.9. The van der Waals surface area contributed by atoms with Crippen LogP contribution in [0.25, 0.3) is 9.88 Å². The van der Waals surface area contributed by atoms with Crippen molar-refractivity contribution in [3.8, 4) is 9.88 Å². The number of carbonyl (C=O) groups excluding carboxylic acids is 1. The number of hydrogen-bond donors (Lipinski definition) is 2. The van der Waals surface area contributed by atoms with Gasteiger partial charge in [0.15, 0.2) is 0 Å². The Morgan fingerprint density at radius 1 is 1.36 bits per heavy atom. The quantitative estimate of drug-likeness (QED) is 0.776. The summed E-state index contributed by atoms with van der Waals surface area (Å²) in [4.78, 5) is 17.6. The first-order valence-electron chi connectivity index (χ1n) is 7.57. The molecule has 0 aliphatic heterocycles. The van der Waals surface area contributed by atoms with E-state index in [9.17, 15) is 9.90 Å². The fourth-order valence-corrected chi connectivity index (χ4v) is 3.98. The van der Waals surface area contributed by atoms with Crippen molar-refractivity contribution in [2.75, 3.05) is 6.54 Å².